The average molecular weight is 259 g/mol. The normalized spacial score (nSPS) is 15.9. The van der Waals surface area contributed by atoms with E-state index >= 15 is 0 Å². The topological polar surface area (TPSA) is 72.5 Å². The molecule has 1 aliphatic rings. The van der Waals surface area contributed by atoms with Gasteiger partial charge in [-0.1, -0.05) is 11.3 Å². The summed E-state index contributed by atoms with van der Waals surface area (Å²) in [7, 11) is -1.16. The number of hydrogen-bond donors (Lipinski definition) is 1. The lowest BCUT2D eigenvalue weighted by Gasteiger charge is -2.12. The van der Waals surface area contributed by atoms with Crippen LogP contribution in [0.4, 0.5) is 5.69 Å². The van der Waals surface area contributed by atoms with Gasteiger partial charge in [-0.3, -0.25) is 13.8 Å². The largest absolute Gasteiger partial charge is 0.472 e. The Hall–Kier alpha value is -1.21. The lowest BCUT2D eigenvalue weighted by Crippen LogP contribution is -2.24. The molecule has 1 unspecified atom stereocenters. The van der Waals surface area contributed by atoms with Gasteiger partial charge in [0, 0.05) is 17.1 Å². The van der Waals surface area contributed by atoms with Crippen LogP contribution in [0, 0.1) is 0 Å². The Morgan fingerprint density at radius 3 is 3.12 bits per heavy atom. The van der Waals surface area contributed by atoms with Crippen molar-refractivity contribution < 1.29 is 18.5 Å². The van der Waals surface area contributed by atoms with Crippen LogP contribution in [-0.2, 0) is 15.6 Å². The number of carbonyl (C=O) groups excluding carboxylic acids is 2. The molecule has 5 nitrogen and oxygen atoms in total. The van der Waals surface area contributed by atoms with Crippen LogP contribution in [0.5, 0.6) is 5.06 Å². The summed E-state index contributed by atoms with van der Waals surface area (Å²) >= 11 is 1.17. The molecule has 0 saturated heterocycles. The summed E-state index contributed by atoms with van der Waals surface area (Å²) in [6, 6.07) is 1.56. The van der Waals surface area contributed by atoms with Crippen LogP contribution < -0.4 is 10.1 Å². The van der Waals surface area contributed by atoms with E-state index in [1.807, 2.05) is 0 Å². The highest BCUT2D eigenvalue weighted by Crippen LogP contribution is 2.37. The second kappa shape index (κ2) is 4.34. The number of ether oxygens (including phenoxy) is 1. The molecule has 0 spiro atoms. The zero-order chi connectivity index (χ0) is 11.7. The summed E-state index contributed by atoms with van der Waals surface area (Å²) in [6.07, 6.45) is 1.48. The maximum atomic E-state index is 11.6. The number of fused-ring (bicyclic) bond motifs is 1. The van der Waals surface area contributed by atoms with Crippen molar-refractivity contribution in [3.8, 4) is 5.06 Å². The Morgan fingerprint density at radius 1 is 1.69 bits per heavy atom. The minimum atomic E-state index is -1.16. The Morgan fingerprint density at radius 2 is 2.44 bits per heavy atom. The Kier molecular flexibility index (Phi) is 3.06. The summed E-state index contributed by atoms with van der Waals surface area (Å²) in [6.45, 7) is -0.0269. The maximum absolute atomic E-state index is 11.6. The van der Waals surface area contributed by atoms with Crippen molar-refractivity contribution in [3.63, 3.8) is 0 Å². The fourth-order valence-corrected chi connectivity index (χ4v) is 2.80. The van der Waals surface area contributed by atoms with E-state index in [9.17, 15) is 13.8 Å². The van der Waals surface area contributed by atoms with Crippen LogP contribution in [0.2, 0.25) is 0 Å². The Labute approximate surface area is 98.3 Å². The molecule has 7 heteroatoms. The fourth-order valence-electron chi connectivity index (χ4n) is 1.28. The first-order valence-corrected chi connectivity index (χ1v) is 7.00. The summed E-state index contributed by atoms with van der Waals surface area (Å²) < 4.78 is 16.1. The number of thiophene rings is 1. The molecule has 0 saturated carbocycles. The van der Waals surface area contributed by atoms with E-state index in [2.05, 4.69) is 5.32 Å². The third-order valence-electron chi connectivity index (χ3n) is 1.92. The standard InChI is InChI=1S/C9H9NO4S2/c1-16(13)4-6(11)7-2-5-9(15-7)14-3-8(12)10-5/h2H,3-4H2,1H3,(H,10,12). The molecule has 0 aliphatic carbocycles. The van der Waals surface area contributed by atoms with Gasteiger partial charge in [-0.2, -0.15) is 0 Å². The van der Waals surface area contributed by atoms with Gasteiger partial charge in [0.05, 0.1) is 16.3 Å². The highest BCUT2D eigenvalue weighted by molar-refractivity contribution is 7.85. The van der Waals surface area contributed by atoms with Crippen molar-refractivity contribution in [1.29, 1.82) is 0 Å². The molecule has 86 valence electrons. The van der Waals surface area contributed by atoms with Crippen LogP contribution in [0.3, 0.4) is 0 Å². The predicted molar refractivity (Wildman–Crippen MR) is 61.7 cm³/mol. The van der Waals surface area contributed by atoms with Gasteiger partial charge < -0.3 is 10.1 Å². The summed E-state index contributed by atoms with van der Waals surface area (Å²) in [4.78, 5) is 23.1. The van der Waals surface area contributed by atoms with Crippen LogP contribution in [-0.4, -0.2) is 34.5 Å². The third-order valence-corrected chi connectivity index (χ3v) is 3.67. The number of rotatable bonds is 3. The lowest BCUT2D eigenvalue weighted by molar-refractivity contribution is -0.118. The van der Waals surface area contributed by atoms with E-state index in [4.69, 9.17) is 4.74 Å². The summed E-state index contributed by atoms with van der Waals surface area (Å²) in [5, 5.41) is 3.14. The van der Waals surface area contributed by atoms with E-state index in [1.54, 1.807) is 6.07 Å². The van der Waals surface area contributed by atoms with Gasteiger partial charge in [0.2, 0.25) is 0 Å². The predicted octanol–water partition coefficient (Wildman–Crippen LogP) is 0.640. The molecule has 1 amide bonds. The molecule has 0 bridgehead atoms. The first-order chi connectivity index (χ1) is 7.56. The quantitative estimate of drug-likeness (QED) is 0.809. The third kappa shape index (κ3) is 2.30. The van der Waals surface area contributed by atoms with Gasteiger partial charge in [-0.25, -0.2) is 0 Å². The van der Waals surface area contributed by atoms with Crippen molar-refractivity contribution >= 4 is 39.5 Å². The molecule has 0 fully saturated rings. The number of carbonyl (C=O) groups is 2. The number of hydrogen-bond acceptors (Lipinski definition) is 5. The van der Waals surface area contributed by atoms with Crippen molar-refractivity contribution in [2.45, 2.75) is 0 Å². The summed E-state index contributed by atoms with van der Waals surface area (Å²) in [5.41, 5.74) is 0.520. The monoisotopic (exact) mass is 259 g/mol. The molecular weight excluding hydrogens is 250 g/mol. The zero-order valence-corrected chi connectivity index (χ0v) is 10.1. The van der Waals surface area contributed by atoms with Crippen LogP contribution in [0.15, 0.2) is 6.07 Å². The number of Topliss-reactive ketones (excluding diaryl/α,β-unsaturated/α-hetero) is 1. The molecular formula is C9H9NO4S2. The van der Waals surface area contributed by atoms with Gasteiger partial charge in [0.25, 0.3) is 5.91 Å². The first-order valence-electron chi connectivity index (χ1n) is 4.46. The first kappa shape index (κ1) is 11.3. The molecule has 2 rings (SSSR count). The number of amides is 1. The van der Waals surface area contributed by atoms with Gasteiger partial charge >= 0.3 is 0 Å². The van der Waals surface area contributed by atoms with Crippen molar-refractivity contribution in [2.75, 3.05) is 23.9 Å². The average Bonchev–Trinajstić information content (AvgIpc) is 2.59. The molecule has 1 N–H and O–H groups in total. The van der Waals surface area contributed by atoms with Gasteiger partial charge in [0.15, 0.2) is 17.5 Å². The van der Waals surface area contributed by atoms with Gasteiger partial charge in [0.1, 0.15) is 0 Å². The van der Waals surface area contributed by atoms with Crippen LogP contribution >= 0.6 is 11.3 Å². The minimum Gasteiger partial charge on any atom is -0.472 e. The molecule has 16 heavy (non-hydrogen) atoms. The lowest BCUT2D eigenvalue weighted by atomic mass is 10.3. The van der Waals surface area contributed by atoms with Crippen molar-refractivity contribution in [3.05, 3.63) is 10.9 Å². The fraction of sp³-hybridized carbons (Fsp3) is 0.333. The molecule has 0 aromatic carbocycles. The van der Waals surface area contributed by atoms with E-state index in [0.717, 1.165) is 0 Å². The smallest absolute Gasteiger partial charge is 0.262 e. The molecule has 1 aromatic rings. The second-order valence-electron chi connectivity index (χ2n) is 3.29. The number of nitrogens with one attached hydrogen (secondary N) is 1. The van der Waals surface area contributed by atoms with E-state index in [1.165, 1.54) is 17.6 Å². The van der Waals surface area contributed by atoms with Crippen molar-refractivity contribution in [1.82, 2.24) is 0 Å². The minimum absolute atomic E-state index is 0.00661. The van der Waals surface area contributed by atoms with E-state index in [0.29, 0.717) is 15.6 Å². The van der Waals surface area contributed by atoms with E-state index in [-0.39, 0.29) is 24.1 Å². The Balaban J connectivity index is 2.21. The molecule has 2 heterocycles. The SMILES string of the molecule is CS(=O)CC(=O)c1cc2c(s1)OCC(=O)N2. The van der Waals surface area contributed by atoms with E-state index < -0.39 is 10.8 Å². The second-order valence-corrected chi connectivity index (χ2v) is 5.74. The number of anilines is 1. The van der Waals surface area contributed by atoms with Crippen molar-refractivity contribution in [2.24, 2.45) is 0 Å². The molecule has 1 atom stereocenters. The van der Waals surface area contributed by atoms with Gasteiger partial charge in [-0.15, -0.1) is 0 Å². The van der Waals surface area contributed by atoms with Gasteiger partial charge in [-0.05, 0) is 6.07 Å². The summed E-state index contributed by atoms with van der Waals surface area (Å²) in [5.74, 6) is -0.436. The molecule has 1 aromatic heterocycles. The number of ketones is 1. The van der Waals surface area contributed by atoms with Crippen LogP contribution in [0.1, 0.15) is 9.67 Å². The maximum Gasteiger partial charge on any atom is 0.262 e. The molecule has 1 aliphatic heterocycles. The van der Waals surface area contributed by atoms with Crippen LogP contribution in [0.25, 0.3) is 0 Å². The highest BCUT2D eigenvalue weighted by atomic mass is 32.2. The molecule has 0 radical (unpaired) electrons. The highest BCUT2D eigenvalue weighted by Gasteiger charge is 2.22. The Bertz CT molecular complexity index is 480. The zero-order valence-electron chi connectivity index (χ0n) is 8.44.